The monoisotopic (exact) mass is 904 g/mol. The van der Waals surface area contributed by atoms with Gasteiger partial charge in [0.15, 0.2) is 0 Å². The molecule has 0 heterocycles. The van der Waals surface area contributed by atoms with Gasteiger partial charge in [0.05, 0.1) is 39.9 Å². The van der Waals surface area contributed by atoms with Crippen LogP contribution in [0.4, 0.5) is 0 Å². The Bertz CT molecular complexity index is 1250. The molecule has 3 atom stereocenters. The zero-order chi connectivity index (χ0) is 46.4. The average Bonchev–Trinajstić information content (AvgIpc) is 3.24. The van der Waals surface area contributed by atoms with Crippen molar-refractivity contribution in [2.24, 2.45) is 0 Å². The molecule has 0 radical (unpaired) electrons. The Labute approximate surface area is 389 Å². The van der Waals surface area contributed by atoms with Crippen LogP contribution in [0.5, 0.6) is 0 Å². The second kappa shape index (κ2) is 45.1. The Morgan fingerprint density at radius 3 is 1.40 bits per heavy atom. The number of allylic oxidation sites excluding steroid dienone is 11. The van der Waals surface area contributed by atoms with Crippen molar-refractivity contribution < 1.29 is 32.9 Å². The molecule has 0 aliphatic heterocycles. The zero-order valence-electron chi connectivity index (χ0n) is 41.5. The summed E-state index contributed by atoms with van der Waals surface area (Å²) in [7, 11) is 1.57. The molecular formula is C54H100N2O6P+. The highest BCUT2D eigenvalue weighted by atomic mass is 31.2. The molecule has 0 bridgehead atoms. The van der Waals surface area contributed by atoms with Crippen LogP contribution in [-0.2, 0) is 18.4 Å². The van der Waals surface area contributed by atoms with Crippen LogP contribution in [0.15, 0.2) is 72.9 Å². The molecule has 0 aliphatic carbocycles. The van der Waals surface area contributed by atoms with Gasteiger partial charge < -0.3 is 19.8 Å². The standard InChI is InChI=1S/C54H99N2O6P/c1-6-8-10-12-14-16-18-19-20-21-22-23-24-25-26-27-28-29-30-31-32-33-34-35-36-37-38-40-42-44-46-48-54(58)55-52(51-62-63(59,60)61-50-49-56(3,4)5)53(57)47-45-43-41-39-17-15-13-11-9-7-2/h8,10,14,16,19-20,22-23,25-26,45,47,52-53,57H,6-7,9,11-13,15,17-18,21,24,27-44,46,48-51H2,1-5H3,(H-,55,58,59,60)/p+1/b10-8-,16-14-,20-19-,23-22-,26-25-,47-45+. The molecule has 1 amide bonds. The smallest absolute Gasteiger partial charge is 0.387 e. The van der Waals surface area contributed by atoms with Crippen LogP contribution in [0.2, 0.25) is 0 Å². The van der Waals surface area contributed by atoms with E-state index in [0.29, 0.717) is 17.4 Å². The quantitative estimate of drug-likeness (QED) is 0.0243. The predicted molar refractivity (Wildman–Crippen MR) is 272 cm³/mol. The van der Waals surface area contributed by atoms with Crippen molar-refractivity contribution in [3.63, 3.8) is 0 Å². The first-order valence-corrected chi connectivity index (χ1v) is 27.3. The number of quaternary nitrogens is 1. The second-order valence-corrected chi connectivity index (χ2v) is 20.0. The fourth-order valence-corrected chi connectivity index (χ4v) is 7.86. The minimum absolute atomic E-state index is 0.0596. The predicted octanol–water partition coefficient (Wildman–Crippen LogP) is 15.1. The molecule has 0 aromatic heterocycles. The molecule has 8 nitrogen and oxygen atoms in total. The maximum Gasteiger partial charge on any atom is 0.472 e. The Hall–Kier alpha value is -2.06. The van der Waals surface area contributed by atoms with E-state index in [-0.39, 0.29) is 19.1 Å². The Morgan fingerprint density at radius 2 is 0.952 bits per heavy atom. The number of hydrogen-bond donors (Lipinski definition) is 3. The van der Waals surface area contributed by atoms with E-state index >= 15 is 0 Å². The summed E-state index contributed by atoms with van der Waals surface area (Å²) in [5.74, 6) is -0.181. The van der Waals surface area contributed by atoms with Crippen molar-refractivity contribution in [1.29, 1.82) is 0 Å². The van der Waals surface area contributed by atoms with Gasteiger partial charge in [0.2, 0.25) is 5.91 Å². The third-order valence-corrected chi connectivity index (χ3v) is 12.2. The maximum atomic E-state index is 12.9. The Balaban J connectivity index is 4.06. The first kappa shape index (κ1) is 60.9. The molecule has 0 fully saturated rings. The first-order valence-electron chi connectivity index (χ1n) is 25.8. The fourth-order valence-electron chi connectivity index (χ4n) is 7.13. The number of rotatable bonds is 46. The summed E-state index contributed by atoms with van der Waals surface area (Å²) in [5.41, 5.74) is 0. The largest absolute Gasteiger partial charge is 0.472 e. The highest BCUT2D eigenvalue weighted by molar-refractivity contribution is 7.47. The third kappa shape index (κ3) is 47.7. The number of hydrogen-bond acceptors (Lipinski definition) is 5. The van der Waals surface area contributed by atoms with E-state index < -0.39 is 20.0 Å². The zero-order valence-corrected chi connectivity index (χ0v) is 42.4. The van der Waals surface area contributed by atoms with Gasteiger partial charge in [-0.05, 0) is 64.2 Å². The van der Waals surface area contributed by atoms with Gasteiger partial charge in [-0.3, -0.25) is 13.8 Å². The molecular weight excluding hydrogens is 804 g/mol. The van der Waals surface area contributed by atoms with Crippen LogP contribution < -0.4 is 5.32 Å². The summed E-state index contributed by atoms with van der Waals surface area (Å²) in [6, 6.07) is -0.847. The lowest BCUT2D eigenvalue weighted by Crippen LogP contribution is -2.45. The molecule has 0 saturated carbocycles. The first-order chi connectivity index (χ1) is 30.5. The van der Waals surface area contributed by atoms with Gasteiger partial charge in [0.25, 0.3) is 0 Å². The average molecular weight is 904 g/mol. The minimum atomic E-state index is -4.34. The minimum Gasteiger partial charge on any atom is -0.387 e. The van der Waals surface area contributed by atoms with Crippen molar-refractivity contribution in [1.82, 2.24) is 5.32 Å². The summed E-state index contributed by atoms with van der Waals surface area (Å²) >= 11 is 0. The molecule has 3 unspecified atom stereocenters. The van der Waals surface area contributed by atoms with Crippen LogP contribution >= 0.6 is 7.82 Å². The number of carbonyl (C=O) groups is 1. The van der Waals surface area contributed by atoms with Crippen LogP contribution in [0.25, 0.3) is 0 Å². The van der Waals surface area contributed by atoms with Crippen LogP contribution in [0, 0.1) is 0 Å². The van der Waals surface area contributed by atoms with E-state index in [4.69, 9.17) is 9.05 Å². The van der Waals surface area contributed by atoms with E-state index in [9.17, 15) is 19.4 Å². The van der Waals surface area contributed by atoms with Gasteiger partial charge in [0, 0.05) is 6.42 Å². The van der Waals surface area contributed by atoms with Gasteiger partial charge in [0.1, 0.15) is 13.2 Å². The molecule has 3 N–H and O–H groups in total. The number of carbonyl (C=O) groups excluding carboxylic acids is 1. The van der Waals surface area contributed by atoms with E-state index in [1.807, 2.05) is 27.2 Å². The van der Waals surface area contributed by atoms with Crippen molar-refractivity contribution >= 4 is 13.7 Å². The van der Waals surface area contributed by atoms with Crippen molar-refractivity contribution in [3.8, 4) is 0 Å². The molecule has 0 spiro atoms. The molecule has 0 aliphatic rings. The van der Waals surface area contributed by atoms with Gasteiger partial charge in [-0.15, -0.1) is 0 Å². The normalized spacial score (nSPS) is 14.7. The van der Waals surface area contributed by atoms with Gasteiger partial charge in [-0.2, -0.15) is 0 Å². The van der Waals surface area contributed by atoms with Crippen LogP contribution in [0.1, 0.15) is 213 Å². The SMILES string of the molecule is CC/C=C\C/C=C\C/C=C\C/C=C\C/C=C\CCCCCCCCCCCCCCCCCC(=O)NC(COP(=O)(O)OCC[N+](C)(C)C)C(O)/C=C/CCCCCCCCCC. The van der Waals surface area contributed by atoms with Crippen LogP contribution in [-0.4, -0.2) is 73.4 Å². The number of aliphatic hydroxyl groups is 1. The molecule has 9 heteroatoms. The molecule has 0 saturated heterocycles. The van der Waals surface area contributed by atoms with E-state index in [1.54, 1.807) is 6.08 Å². The van der Waals surface area contributed by atoms with Gasteiger partial charge in [-0.25, -0.2) is 4.57 Å². The number of amides is 1. The third-order valence-electron chi connectivity index (χ3n) is 11.2. The Kier molecular flexibility index (Phi) is 43.6. The van der Waals surface area contributed by atoms with Gasteiger partial charge in [-0.1, -0.05) is 215 Å². The molecule has 63 heavy (non-hydrogen) atoms. The lowest BCUT2D eigenvalue weighted by atomic mass is 10.0. The lowest BCUT2D eigenvalue weighted by molar-refractivity contribution is -0.870. The van der Waals surface area contributed by atoms with E-state index in [0.717, 1.165) is 70.6 Å². The number of nitrogens with zero attached hydrogens (tertiary/aromatic N) is 1. The summed E-state index contributed by atoms with van der Waals surface area (Å²) in [6.45, 7) is 4.67. The molecule has 0 aromatic rings. The molecule has 0 aromatic carbocycles. The Morgan fingerprint density at radius 1 is 0.556 bits per heavy atom. The van der Waals surface area contributed by atoms with E-state index in [1.165, 1.54) is 122 Å². The van der Waals surface area contributed by atoms with Crippen molar-refractivity contribution in [2.75, 3.05) is 40.9 Å². The number of nitrogens with one attached hydrogen (secondary N) is 1. The number of phosphoric ester groups is 1. The second-order valence-electron chi connectivity index (χ2n) is 18.5. The van der Waals surface area contributed by atoms with Crippen molar-refractivity contribution in [3.05, 3.63) is 72.9 Å². The number of aliphatic hydroxyl groups excluding tert-OH is 1. The topological polar surface area (TPSA) is 105 Å². The number of likely N-dealkylation sites (N-methyl/N-ethyl adjacent to an activating group) is 1. The summed E-state index contributed by atoms with van der Waals surface area (Å²) < 4.78 is 23.6. The molecule has 0 rings (SSSR count). The highest BCUT2D eigenvalue weighted by Gasteiger charge is 2.27. The highest BCUT2D eigenvalue weighted by Crippen LogP contribution is 2.43. The molecule has 366 valence electrons. The van der Waals surface area contributed by atoms with Crippen molar-refractivity contribution in [2.45, 2.75) is 225 Å². The van der Waals surface area contributed by atoms with E-state index in [2.05, 4.69) is 79.9 Å². The van der Waals surface area contributed by atoms with Gasteiger partial charge >= 0.3 is 7.82 Å². The number of unbranched alkanes of at least 4 members (excludes halogenated alkanes) is 23. The maximum absolute atomic E-state index is 12.9. The fraction of sp³-hybridized carbons (Fsp3) is 0.759. The number of phosphoric acid groups is 1. The summed E-state index contributed by atoms with van der Waals surface area (Å²) in [4.78, 5) is 23.1. The summed E-state index contributed by atoms with van der Waals surface area (Å²) in [6.07, 6.45) is 61.4. The lowest BCUT2D eigenvalue weighted by Gasteiger charge is -2.25. The summed E-state index contributed by atoms with van der Waals surface area (Å²) in [5, 5.41) is 13.8. The van der Waals surface area contributed by atoms with Crippen LogP contribution in [0.3, 0.4) is 0 Å².